The lowest BCUT2D eigenvalue weighted by molar-refractivity contribution is 0.195. The molecule has 3 aromatic carbocycles. The number of ether oxygens (including phenoxy) is 1. The van der Waals surface area contributed by atoms with Gasteiger partial charge in [-0.3, -0.25) is 0 Å². The molecule has 0 fully saturated rings. The van der Waals surface area contributed by atoms with Crippen molar-refractivity contribution in [3.05, 3.63) is 106 Å². The second-order valence-electron chi connectivity index (χ2n) is 8.09. The normalized spacial score (nSPS) is 10.9. The molecule has 0 saturated carbocycles. The van der Waals surface area contributed by atoms with Gasteiger partial charge in [-0.25, -0.2) is 27.5 Å². The first-order chi connectivity index (χ1) is 16.9. The number of aromatic nitrogens is 2. The monoisotopic (exact) mass is 478 g/mol. The quantitative estimate of drug-likeness (QED) is 0.143. The van der Waals surface area contributed by atoms with E-state index in [4.69, 9.17) is 4.74 Å². The van der Waals surface area contributed by atoms with E-state index in [1.807, 2.05) is 12.4 Å². The standard InChI is InChI=1S/C28H22F4N2O/c1-35-12-2-3-20-16-33-26(34-17-20)11-7-19-5-9-21(24(29)14-19)8-4-18-6-10-23-22(13-18)15-25(30)28(32)27(23)31/h5-6,9-10,13-17H,2-3,7,11-12H2,1H3. The summed E-state index contributed by atoms with van der Waals surface area (Å²) in [5.74, 6) is 1.72. The Labute approximate surface area is 200 Å². The summed E-state index contributed by atoms with van der Waals surface area (Å²) >= 11 is 0. The Morgan fingerprint density at radius 3 is 2.31 bits per heavy atom. The van der Waals surface area contributed by atoms with Gasteiger partial charge in [0.2, 0.25) is 0 Å². The number of benzene rings is 3. The van der Waals surface area contributed by atoms with Crippen molar-refractivity contribution in [2.45, 2.75) is 25.7 Å². The van der Waals surface area contributed by atoms with Crippen molar-refractivity contribution in [1.82, 2.24) is 9.97 Å². The fourth-order valence-electron chi connectivity index (χ4n) is 3.65. The summed E-state index contributed by atoms with van der Waals surface area (Å²) in [6.07, 6.45) is 6.53. The van der Waals surface area contributed by atoms with Crippen LogP contribution in [0.2, 0.25) is 0 Å². The molecule has 3 nitrogen and oxygen atoms in total. The molecular weight excluding hydrogens is 456 g/mol. The minimum Gasteiger partial charge on any atom is -0.385 e. The minimum absolute atomic E-state index is 0.0466. The van der Waals surface area contributed by atoms with Crippen LogP contribution in [0.3, 0.4) is 0 Å². The second kappa shape index (κ2) is 11.1. The van der Waals surface area contributed by atoms with Gasteiger partial charge in [-0.05, 0) is 66.1 Å². The van der Waals surface area contributed by atoms with E-state index in [-0.39, 0.29) is 16.3 Å². The first-order valence-corrected chi connectivity index (χ1v) is 11.1. The first-order valence-electron chi connectivity index (χ1n) is 11.1. The maximum atomic E-state index is 14.6. The Morgan fingerprint density at radius 1 is 0.771 bits per heavy atom. The van der Waals surface area contributed by atoms with Gasteiger partial charge in [0.25, 0.3) is 0 Å². The number of hydrogen-bond acceptors (Lipinski definition) is 3. The molecule has 7 heteroatoms. The number of methoxy groups -OCH3 is 1. The van der Waals surface area contributed by atoms with Gasteiger partial charge >= 0.3 is 0 Å². The van der Waals surface area contributed by atoms with Crippen LogP contribution in [0.25, 0.3) is 10.8 Å². The molecule has 0 unspecified atom stereocenters. The molecule has 0 radical (unpaired) electrons. The zero-order chi connectivity index (χ0) is 24.8. The molecule has 0 N–H and O–H groups in total. The highest BCUT2D eigenvalue weighted by Crippen LogP contribution is 2.24. The summed E-state index contributed by atoms with van der Waals surface area (Å²) in [4.78, 5) is 8.75. The summed E-state index contributed by atoms with van der Waals surface area (Å²) < 4.78 is 60.4. The molecule has 0 atom stereocenters. The van der Waals surface area contributed by atoms with Crippen molar-refractivity contribution in [3.8, 4) is 11.8 Å². The predicted octanol–water partition coefficient (Wildman–Crippen LogP) is 5.95. The third-order valence-corrected chi connectivity index (χ3v) is 5.56. The number of aryl methyl sites for hydroxylation is 3. The molecule has 4 rings (SSSR count). The molecular formula is C28H22F4N2O. The van der Waals surface area contributed by atoms with Gasteiger partial charge in [-0.15, -0.1) is 0 Å². The average Bonchev–Trinajstić information content (AvgIpc) is 2.86. The molecule has 0 spiro atoms. The largest absolute Gasteiger partial charge is 0.385 e. The molecule has 0 amide bonds. The summed E-state index contributed by atoms with van der Waals surface area (Å²) in [6.45, 7) is 0.692. The molecule has 0 aliphatic carbocycles. The van der Waals surface area contributed by atoms with Crippen LogP contribution in [-0.2, 0) is 24.0 Å². The number of fused-ring (bicyclic) bond motifs is 1. The number of rotatable bonds is 7. The van der Waals surface area contributed by atoms with E-state index in [2.05, 4.69) is 21.8 Å². The highest BCUT2D eigenvalue weighted by Gasteiger charge is 2.13. The van der Waals surface area contributed by atoms with E-state index < -0.39 is 23.3 Å². The van der Waals surface area contributed by atoms with Crippen LogP contribution < -0.4 is 0 Å². The third-order valence-electron chi connectivity index (χ3n) is 5.56. The second-order valence-corrected chi connectivity index (χ2v) is 8.09. The first kappa shape index (κ1) is 24.4. The molecule has 4 aromatic rings. The topological polar surface area (TPSA) is 35.0 Å². The summed E-state index contributed by atoms with van der Waals surface area (Å²) in [5, 5.41) is 0.129. The van der Waals surface area contributed by atoms with Crippen LogP contribution in [-0.4, -0.2) is 23.7 Å². The van der Waals surface area contributed by atoms with Crippen molar-refractivity contribution >= 4 is 10.8 Å². The molecule has 178 valence electrons. The number of halogens is 4. The summed E-state index contributed by atoms with van der Waals surface area (Å²) in [5.41, 5.74) is 2.46. The lowest BCUT2D eigenvalue weighted by Gasteiger charge is -2.04. The SMILES string of the molecule is COCCCc1cnc(CCc2ccc(C#Cc3ccc4c(F)c(F)c(F)cc4c3)c(F)c2)nc1. The smallest absolute Gasteiger partial charge is 0.195 e. The van der Waals surface area contributed by atoms with Gasteiger partial charge in [0.05, 0.1) is 5.56 Å². The van der Waals surface area contributed by atoms with Crippen molar-refractivity contribution in [2.24, 2.45) is 0 Å². The molecule has 1 aromatic heterocycles. The van der Waals surface area contributed by atoms with E-state index in [1.165, 1.54) is 24.3 Å². The van der Waals surface area contributed by atoms with Crippen LogP contribution in [0.15, 0.2) is 54.9 Å². The minimum atomic E-state index is -1.51. The Balaban J connectivity index is 1.41. The lowest BCUT2D eigenvalue weighted by atomic mass is 10.0. The van der Waals surface area contributed by atoms with Crippen molar-refractivity contribution in [3.63, 3.8) is 0 Å². The van der Waals surface area contributed by atoms with Crippen LogP contribution in [0.5, 0.6) is 0 Å². The Hall–Kier alpha value is -3.76. The van der Waals surface area contributed by atoms with Gasteiger partial charge < -0.3 is 4.74 Å². The fraction of sp³-hybridized carbons (Fsp3) is 0.214. The maximum absolute atomic E-state index is 14.6. The average molecular weight is 478 g/mol. The van der Waals surface area contributed by atoms with Crippen LogP contribution in [0.4, 0.5) is 17.6 Å². The van der Waals surface area contributed by atoms with E-state index in [0.717, 1.165) is 30.0 Å². The number of hydrogen-bond donors (Lipinski definition) is 0. The molecule has 0 bridgehead atoms. The van der Waals surface area contributed by atoms with Crippen LogP contribution in [0, 0.1) is 35.1 Å². The Bertz CT molecular complexity index is 1410. The molecule has 35 heavy (non-hydrogen) atoms. The fourth-order valence-corrected chi connectivity index (χ4v) is 3.65. The van der Waals surface area contributed by atoms with Crippen LogP contribution >= 0.6 is 0 Å². The van der Waals surface area contributed by atoms with Gasteiger partial charge in [0.1, 0.15) is 11.6 Å². The molecule has 0 saturated heterocycles. The van der Waals surface area contributed by atoms with Crippen molar-refractivity contribution in [2.75, 3.05) is 13.7 Å². The third kappa shape index (κ3) is 6.03. The van der Waals surface area contributed by atoms with Gasteiger partial charge in [0, 0.05) is 43.5 Å². The molecule has 1 heterocycles. The Kier molecular flexibility index (Phi) is 7.74. The van der Waals surface area contributed by atoms with Crippen molar-refractivity contribution < 1.29 is 22.3 Å². The highest BCUT2D eigenvalue weighted by molar-refractivity contribution is 5.84. The number of nitrogens with zero attached hydrogens (tertiary/aromatic N) is 2. The van der Waals surface area contributed by atoms with E-state index in [1.54, 1.807) is 19.2 Å². The summed E-state index contributed by atoms with van der Waals surface area (Å²) in [7, 11) is 1.67. The van der Waals surface area contributed by atoms with Crippen LogP contribution in [0.1, 0.15) is 34.5 Å². The van der Waals surface area contributed by atoms with E-state index >= 15 is 0 Å². The zero-order valence-corrected chi connectivity index (χ0v) is 19.0. The van der Waals surface area contributed by atoms with E-state index in [9.17, 15) is 17.6 Å². The maximum Gasteiger partial charge on any atom is 0.195 e. The Morgan fingerprint density at radius 2 is 1.57 bits per heavy atom. The van der Waals surface area contributed by atoms with Gasteiger partial charge in [0.15, 0.2) is 17.5 Å². The lowest BCUT2D eigenvalue weighted by Crippen LogP contribution is -2.01. The summed E-state index contributed by atoms with van der Waals surface area (Å²) in [6, 6.07) is 9.95. The van der Waals surface area contributed by atoms with E-state index in [0.29, 0.717) is 30.8 Å². The molecule has 0 aliphatic heterocycles. The van der Waals surface area contributed by atoms with Gasteiger partial charge in [-0.1, -0.05) is 24.0 Å². The highest BCUT2D eigenvalue weighted by atomic mass is 19.2. The van der Waals surface area contributed by atoms with Crippen molar-refractivity contribution in [1.29, 1.82) is 0 Å². The predicted molar refractivity (Wildman–Crippen MR) is 126 cm³/mol. The molecule has 0 aliphatic rings. The zero-order valence-electron chi connectivity index (χ0n) is 19.0. The van der Waals surface area contributed by atoms with Gasteiger partial charge in [-0.2, -0.15) is 0 Å².